The third-order valence-corrected chi connectivity index (χ3v) is 3.20. The number of hydrogen-bond acceptors (Lipinski definition) is 2. The van der Waals surface area contributed by atoms with E-state index in [0.29, 0.717) is 6.61 Å². The van der Waals surface area contributed by atoms with Gasteiger partial charge in [-0.05, 0) is 25.3 Å². The van der Waals surface area contributed by atoms with Gasteiger partial charge in [0.05, 0.1) is 12.2 Å². The van der Waals surface area contributed by atoms with E-state index in [2.05, 4.69) is 0 Å². The fraction of sp³-hybridized carbons (Fsp3) is 0.800. The molecule has 2 heteroatoms. The molecule has 0 radical (unpaired) electrons. The first-order valence-corrected chi connectivity index (χ1v) is 4.76. The Balaban J connectivity index is 2.19. The smallest absolute Gasteiger partial charge is 0.106 e. The summed E-state index contributed by atoms with van der Waals surface area (Å²) < 4.78 is 5.70. The Hall–Kier alpha value is -0.340. The Morgan fingerprint density at radius 1 is 1.50 bits per heavy atom. The van der Waals surface area contributed by atoms with Crippen molar-refractivity contribution in [3.8, 4) is 0 Å². The minimum Gasteiger partial charge on any atom is -0.386 e. The predicted molar refractivity (Wildman–Crippen MR) is 46.9 cm³/mol. The van der Waals surface area contributed by atoms with Gasteiger partial charge in [-0.2, -0.15) is 0 Å². The second kappa shape index (κ2) is 2.86. The molecule has 0 aromatic heterocycles. The summed E-state index contributed by atoms with van der Waals surface area (Å²) in [4.78, 5) is 0. The average Bonchev–Trinajstić information content (AvgIpc) is 2.65. The first-order chi connectivity index (χ1) is 5.78. The average molecular weight is 168 g/mol. The van der Waals surface area contributed by atoms with Crippen molar-refractivity contribution < 1.29 is 9.84 Å². The van der Waals surface area contributed by atoms with E-state index < -0.39 is 0 Å². The van der Waals surface area contributed by atoms with Gasteiger partial charge in [0, 0.05) is 0 Å². The molecule has 0 aromatic carbocycles. The molecule has 1 spiro atoms. The van der Waals surface area contributed by atoms with E-state index in [1.807, 2.05) is 13.0 Å². The summed E-state index contributed by atoms with van der Waals surface area (Å²) in [6, 6.07) is 0. The highest BCUT2D eigenvalue weighted by molar-refractivity contribution is 5.20. The third-order valence-electron chi connectivity index (χ3n) is 3.20. The van der Waals surface area contributed by atoms with Crippen molar-refractivity contribution in [1.82, 2.24) is 0 Å². The Morgan fingerprint density at radius 3 is 2.67 bits per heavy atom. The zero-order valence-electron chi connectivity index (χ0n) is 7.55. The molecule has 2 nitrogen and oxygen atoms in total. The van der Waals surface area contributed by atoms with E-state index in [9.17, 15) is 5.11 Å². The number of aliphatic hydroxyl groups is 1. The number of ether oxygens (including phenoxy) is 1. The molecule has 1 aliphatic carbocycles. The lowest BCUT2D eigenvalue weighted by atomic mass is 9.92. The highest BCUT2D eigenvalue weighted by atomic mass is 16.5. The van der Waals surface area contributed by atoms with Crippen molar-refractivity contribution in [3.63, 3.8) is 0 Å². The molecule has 1 saturated heterocycles. The SMILES string of the molecule is C/C=C1\COC2(CCCC2)[C@@H]1O. The molecular weight excluding hydrogens is 152 g/mol. The molecule has 1 aliphatic heterocycles. The Morgan fingerprint density at radius 2 is 2.17 bits per heavy atom. The highest BCUT2D eigenvalue weighted by Gasteiger charge is 2.47. The van der Waals surface area contributed by atoms with Crippen LogP contribution in [0.15, 0.2) is 11.6 Å². The van der Waals surface area contributed by atoms with E-state index in [0.717, 1.165) is 18.4 Å². The lowest BCUT2D eigenvalue weighted by Crippen LogP contribution is -2.36. The van der Waals surface area contributed by atoms with E-state index in [-0.39, 0.29) is 11.7 Å². The molecule has 1 heterocycles. The lowest BCUT2D eigenvalue weighted by Gasteiger charge is -2.25. The molecule has 2 aliphatic rings. The van der Waals surface area contributed by atoms with Crippen LogP contribution in [0.4, 0.5) is 0 Å². The van der Waals surface area contributed by atoms with Crippen LogP contribution in [0, 0.1) is 0 Å². The van der Waals surface area contributed by atoms with E-state index in [1.165, 1.54) is 12.8 Å². The number of allylic oxidation sites excluding steroid dienone is 1. The van der Waals surface area contributed by atoms with Crippen LogP contribution in [0.1, 0.15) is 32.6 Å². The van der Waals surface area contributed by atoms with E-state index in [1.54, 1.807) is 0 Å². The molecule has 2 fully saturated rings. The maximum absolute atomic E-state index is 9.95. The van der Waals surface area contributed by atoms with Gasteiger partial charge < -0.3 is 9.84 Å². The van der Waals surface area contributed by atoms with Crippen LogP contribution in [-0.4, -0.2) is 23.4 Å². The molecule has 1 atom stereocenters. The van der Waals surface area contributed by atoms with Gasteiger partial charge in [-0.25, -0.2) is 0 Å². The van der Waals surface area contributed by atoms with Gasteiger partial charge in [0.25, 0.3) is 0 Å². The van der Waals surface area contributed by atoms with Crippen LogP contribution in [0.2, 0.25) is 0 Å². The highest BCUT2D eigenvalue weighted by Crippen LogP contribution is 2.42. The monoisotopic (exact) mass is 168 g/mol. The molecule has 68 valence electrons. The van der Waals surface area contributed by atoms with Gasteiger partial charge in [0.1, 0.15) is 6.10 Å². The summed E-state index contributed by atoms with van der Waals surface area (Å²) >= 11 is 0. The first kappa shape index (κ1) is 8.27. The van der Waals surface area contributed by atoms with Crippen LogP contribution in [0.25, 0.3) is 0 Å². The van der Waals surface area contributed by atoms with Crippen molar-refractivity contribution in [2.75, 3.05) is 6.61 Å². The summed E-state index contributed by atoms with van der Waals surface area (Å²) in [6.07, 6.45) is 6.13. The Labute approximate surface area is 73.2 Å². The maximum atomic E-state index is 9.95. The fourth-order valence-corrected chi connectivity index (χ4v) is 2.36. The van der Waals surface area contributed by atoms with Crippen LogP contribution in [-0.2, 0) is 4.74 Å². The van der Waals surface area contributed by atoms with Crippen LogP contribution >= 0.6 is 0 Å². The minimum atomic E-state index is -0.329. The molecule has 0 aromatic rings. The fourth-order valence-electron chi connectivity index (χ4n) is 2.36. The maximum Gasteiger partial charge on any atom is 0.106 e. The zero-order valence-corrected chi connectivity index (χ0v) is 7.55. The van der Waals surface area contributed by atoms with Crippen LogP contribution < -0.4 is 0 Å². The van der Waals surface area contributed by atoms with Crippen molar-refractivity contribution in [2.24, 2.45) is 0 Å². The van der Waals surface area contributed by atoms with Crippen molar-refractivity contribution in [1.29, 1.82) is 0 Å². The number of rotatable bonds is 0. The molecule has 2 rings (SSSR count). The number of hydrogen-bond donors (Lipinski definition) is 1. The Bertz CT molecular complexity index is 202. The van der Waals surface area contributed by atoms with Gasteiger partial charge in [-0.3, -0.25) is 0 Å². The van der Waals surface area contributed by atoms with Gasteiger partial charge in [0.2, 0.25) is 0 Å². The summed E-state index contributed by atoms with van der Waals surface area (Å²) in [7, 11) is 0. The van der Waals surface area contributed by atoms with Crippen molar-refractivity contribution in [3.05, 3.63) is 11.6 Å². The van der Waals surface area contributed by atoms with Gasteiger partial charge in [-0.15, -0.1) is 0 Å². The standard InChI is InChI=1S/C10H16O2/c1-2-8-7-12-10(9(8)11)5-3-4-6-10/h2,9,11H,3-7H2,1H3/b8-2+/t9-/m1/s1. The van der Waals surface area contributed by atoms with Crippen LogP contribution in [0.3, 0.4) is 0 Å². The molecular formula is C10H16O2. The number of aliphatic hydroxyl groups excluding tert-OH is 1. The van der Waals surface area contributed by atoms with Crippen LogP contribution in [0.5, 0.6) is 0 Å². The summed E-state index contributed by atoms with van der Waals surface area (Å²) in [5.41, 5.74) is 0.874. The topological polar surface area (TPSA) is 29.5 Å². The van der Waals surface area contributed by atoms with Gasteiger partial charge in [0.15, 0.2) is 0 Å². The lowest BCUT2D eigenvalue weighted by molar-refractivity contribution is -0.0505. The molecule has 0 bridgehead atoms. The van der Waals surface area contributed by atoms with Crippen molar-refractivity contribution >= 4 is 0 Å². The molecule has 1 N–H and O–H groups in total. The summed E-state index contributed by atoms with van der Waals surface area (Å²) in [6.45, 7) is 2.60. The summed E-state index contributed by atoms with van der Waals surface area (Å²) in [5.74, 6) is 0. The Kier molecular flexibility index (Phi) is 1.97. The van der Waals surface area contributed by atoms with E-state index in [4.69, 9.17) is 4.74 Å². The predicted octanol–water partition coefficient (Wildman–Crippen LogP) is 1.64. The molecule has 12 heavy (non-hydrogen) atoms. The van der Waals surface area contributed by atoms with E-state index >= 15 is 0 Å². The normalized spacial score (nSPS) is 36.8. The molecule has 0 unspecified atom stereocenters. The minimum absolute atomic E-state index is 0.193. The molecule has 1 saturated carbocycles. The third kappa shape index (κ3) is 1.02. The second-order valence-corrected chi connectivity index (χ2v) is 3.83. The quantitative estimate of drug-likeness (QED) is 0.557. The van der Waals surface area contributed by atoms with Gasteiger partial charge >= 0.3 is 0 Å². The second-order valence-electron chi connectivity index (χ2n) is 3.83. The van der Waals surface area contributed by atoms with Gasteiger partial charge in [-0.1, -0.05) is 18.9 Å². The largest absolute Gasteiger partial charge is 0.386 e. The van der Waals surface area contributed by atoms with Crippen molar-refractivity contribution in [2.45, 2.75) is 44.3 Å². The molecule has 0 amide bonds. The first-order valence-electron chi connectivity index (χ1n) is 4.76. The summed E-state index contributed by atoms with van der Waals surface area (Å²) in [5, 5.41) is 9.95. The zero-order chi connectivity index (χ0) is 8.60.